The SMILES string of the molecule is [C-]#[N+]C(CF)c1ccc(Br)cc1. The van der Waals surface area contributed by atoms with Crippen LogP contribution < -0.4 is 0 Å². The van der Waals surface area contributed by atoms with E-state index in [1.165, 1.54) is 0 Å². The maximum absolute atomic E-state index is 12.2. The van der Waals surface area contributed by atoms with Gasteiger partial charge in [0.25, 0.3) is 6.04 Å². The molecule has 0 amide bonds. The Morgan fingerprint density at radius 1 is 1.42 bits per heavy atom. The van der Waals surface area contributed by atoms with Gasteiger partial charge in [0.2, 0.25) is 0 Å². The largest absolute Gasteiger partial charge is 0.306 e. The Balaban J connectivity index is 2.89. The molecule has 0 spiro atoms. The predicted octanol–water partition coefficient (Wildman–Crippen LogP) is 3.38. The minimum atomic E-state index is -0.641. The minimum absolute atomic E-state index is 0.620. The van der Waals surface area contributed by atoms with Crippen LogP contribution in [0, 0.1) is 6.57 Å². The lowest BCUT2D eigenvalue weighted by Crippen LogP contribution is -1.94. The molecule has 1 nitrogen and oxygen atoms in total. The normalized spacial score (nSPS) is 12.1. The van der Waals surface area contributed by atoms with Gasteiger partial charge < -0.3 is 4.85 Å². The number of halogens is 2. The summed E-state index contributed by atoms with van der Waals surface area (Å²) < 4.78 is 13.2. The van der Waals surface area contributed by atoms with Gasteiger partial charge in [-0.2, -0.15) is 0 Å². The molecule has 0 aliphatic carbocycles. The molecule has 0 heterocycles. The molecule has 3 heteroatoms. The van der Waals surface area contributed by atoms with Gasteiger partial charge in [-0.3, -0.25) is 0 Å². The van der Waals surface area contributed by atoms with E-state index >= 15 is 0 Å². The first-order chi connectivity index (χ1) is 5.77. The molecule has 0 fully saturated rings. The number of benzene rings is 1. The summed E-state index contributed by atoms with van der Waals surface area (Å²) in [5, 5.41) is 0. The Labute approximate surface area is 79.2 Å². The molecule has 0 bridgehead atoms. The van der Waals surface area contributed by atoms with Crippen LogP contribution in [0.15, 0.2) is 28.7 Å². The van der Waals surface area contributed by atoms with Crippen LogP contribution in [0.2, 0.25) is 0 Å². The second-order valence-corrected chi connectivity index (χ2v) is 3.27. The molecule has 0 N–H and O–H groups in total. The number of hydrogen-bond donors (Lipinski definition) is 0. The van der Waals surface area contributed by atoms with Gasteiger partial charge in [0.1, 0.15) is 0 Å². The van der Waals surface area contributed by atoms with Crippen molar-refractivity contribution in [1.29, 1.82) is 0 Å². The third-order valence-corrected chi connectivity index (χ3v) is 2.09. The van der Waals surface area contributed by atoms with Crippen molar-refractivity contribution in [2.24, 2.45) is 0 Å². The van der Waals surface area contributed by atoms with Crippen LogP contribution in [0.3, 0.4) is 0 Å². The fourth-order valence-corrected chi connectivity index (χ4v) is 1.15. The first-order valence-corrected chi connectivity index (χ1v) is 4.25. The van der Waals surface area contributed by atoms with Crippen molar-refractivity contribution >= 4 is 15.9 Å². The number of nitrogens with zero attached hydrogens (tertiary/aromatic N) is 1. The second kappa shape index (κ2) is 4.22. The van der Waals surface area contributed by atoms with Crippen molar-refractivity contribution in [2.45, 2.75) is 6.04 Å². The summed E-state index contributed by atoms with van der Waals surface area (Å²) in [6, 6.07) is 6.49. The quantitative estimate of drug-likeness (QED) is 0.683. The zero-order valence-electron chi connectivity index (χ0n) is 6.30. The van der Waals surface area contributed by atoms with E-state index in [0.29, 0.717) is 0 Å². The predicted molar refractivity (Wildman–Crippen MR) is 49.5 cm³/mol. The fourth-order valence-electron chi connectivity index (χ4n) is 0.883. The van der Waals surface area contributed by atoms with Crippen molar-refractivity contribution in [2.75, 3.05) is 6.67 Å². The van der Waals surface area contributed by atoms with E-state index in [4.69, 9.17) is 6.57 Å². The lowest BCUT2D eigenvalue weighted by atomic mass is 10.1. The molecule has 0 saturated heterocycles. The van der Waals surface area contributed by atoms with Crippen LogP contribution >= 0.6 is 15.9 Å². The molecule has 0 aliphatic heterocycles. The van der Waals surface area contributed by atoms with Crippen LogP contribution in [0.5, 0.6) is 0 Å². The molecule has 0 aromatic heterocycles. The summed E-state index contributed by atoms with van der Waals surface area (Å²) in [7, 11) is 0. The van der Waals surface area contributed by atoms with Crippen molar-refractivity contribution in [3.05, 3.63) is 45.7 Å². The van der Waals surface area contributed by atoms with Crippen LogP contribution in [0.25, 0.3) is 4.85 Å². The monoisotopic (exact) mass is 227 g/mol. The third kappa shape index (κ3) is 2.05. The molecule has 0 saturated carbocycles. The van der Waals surface area contributed by atoms with Gasteiger partial charge in [-0.15, -0.1) is 0 Å². The molecular weight excluding hydrogens is 221 g/mol. The van der Waals surface area contributed by atoms with E-state index in [2.05, 4.69) is 20.8 Å². The number of hydrogen-bond acceptors (Lipinski definition) is 0. The van der Waals surface area contributed by atoms with Gasteiger partial charge in [-0.25, -0.2) is 11.0 Å². The summed E-state index contributed by atoms with van der Waals surface area (Å²) in [6.07, 6.45) is 0. The number of rotatable bonds is 2. The highest BCUT2D eigenvalue weighted by Gasteiger charge is 2.13. The Kier molecular flexibility index (Phi) is 3.24. The summed E-state index contributed by atoms with van der Waals surface area (Å²) in [5.74, 6) is 0. The first kappa shape index (κ1) is 9.21. The van der Waals surface area contributed by atoms with E-state index in [1.54, 1.807) is 12.1 Å². The Bertz CT molecular complexity index is 288. The van der Waals surface area contributed by atoms with Gasteiger partial charge in [0.05, 0.1) is 0 Å². The van der Waals surface area contributed by atoms with Crippen LogP contribution in [-0.2, 0) is 0 Å². The summed E-state index contributed by atoms with van der Waals surface area (Å²) >= 11 is 3.27. The van der Waals surface area contributed by atoms with Gasteiger partial charge >= 0.3 is 0 Å². The zero-order valence-corrected chi connectivity index (χ0v) is 7.88. The topological polar surface area (TPSA) is 4.36 Å². The van der Waals surface area contributed by atoms with Crippen molar-refractivity contribution < 1.29 is 4.39 Å². The summed E-state index contributed by atoms with van der Waals surface area (Å²) in [4.78, 5) is 3.17. The molecule has 1 atom stereocenters. The average molecular weight is 228 g/mol. The third-order valence-electron chi connectivity index (χ3n) is 1.56. The van der Waals surface area contributed by atoms with Gasteiger partial charge in [0, 0.05) is 10.0 Å². The second-order valence-electron chi connectivity index (χ2n) is 2.35. The molecular formula is C9H7BrFN. The van der Waals surface area contributed by atoms with E-state index in [-0.39, 0.29) is 0 Å². The van der Waals surface area contributed by atoms with Crippen LogP contribution in [0.4, 0.5) is 4.39 Å². The lowest BCUT2D eigenvalue weighted by Gasteiger charge is -2.00. The molecule has 1 rings (SSSR count). The highest BCUT2D eigenvalue weighted by atomic mass is 79.9. The first-order valence-electron chi connectivity index (χ1n) is 3.46. The Morgan fingerprint density at radius 2 is 2.00 bits per heavy atom. The van der Waals surface area contributed by atoms with Crippen LogP contribution in [0.1, 0.15) is 11.6 Å². The van der Waals surface area contributed by atoms with E-state index < -0.39 is 12.7 Å². The van der Waals surface area contributed by atoms with Gasteiger partial charge in [-0.05, 0) is 12.1 Å². The van der Waals surface area contributed by atoms with Crippen molar-refractivity contribution in [3.63, 3.8) is 0 Å². The van der Waals surface area contributed by atoms with E-state index in [0.717, 1.165) is 10.0 Å². The highest BCUT2D eigenvalue weighted by Crippen LogP contribution is 2.20. The van der Waals surface area contributed by atoms with Crippen molar-refractivity contribution in [1.82, 2.24) is 0 Å². The smallest absolute Gasteiger partial charge is 0.276 e. The van der Waals surface area contributed by atoms with Gasteiger partial charge in [-0.1, -0.05) is 28.1 Å². The van der Waals surface area contributed by atoms with Crippen molar-refractivity contribution in [3.8, 4) is 0 Å². The fraction of sp³-hybridized carbons (Fsp3) is 0.222. The summed E-state index contributed by atoms with van der Waals surface area (Å²) in [6.45, 7) is 6.10. The molecule has 0 aliphatic rings. The highest BCUT2D eigenvalue weighted by molar-refractivity contribution is 9.10. The van der Waals surface area contributed by atoms with E-state index in [1.807, 2.05) is 12.1 Å². The average Bonchev–Trinajstić information content (AvgIpc) is 2.10. The molecule has 62 valence electrons. The maximum atomic E-state index is 12.2. The molecule has 1 aromatic rings. The Morgan fingerprint density at radius 3 is 2.42 bits per heavy atom. The lowest BCUT2D eigenvalue weighted by molar-refractivity contribution is 0.465. The molecule has 12 heavy (non-hydrogen) atoms. The maximum Gasteiger partial charge on any atom is 0.276 e. The molecule has 0 radical (unpaired) electrons. The Hall–Kier alpha value is -0.880. The molecule has 1 aromatic carbocycles. The minimum Gasteiger partial charge on any atom is -0.306 e. The molecule has 1 unspecified atom stereocenters. The van der Waals surface area contributed by atoms with Crippen LogP contribution in [-0.4, -0.2) is 6.67 Å². The van der Waals surface area contributed by atoms with E-state index in [9.17, 15) is 4.39 Å². The summed E-state index contributed by atoms with van der Waals surface area (Å²) in [5.41, 5.74) is 0.732. The standard InChI is InChI=1S/C9H7BrFN/c1-12-9(6-11)7-2-4-8(10)5-3-7/h2-5,9H,6H2. The number of alkyl halides is 1. The zero-order chi connectivity index (χ0) is 8.97. The van der Waals surface area contributed by atoms with Gasteiger partial charge in [0.15, 0.2) is 6.67 Å².